The van der Waals surface area contributed by atoms with Crippen LogP contribution in [-0.2, 0) is 4.79 Å². The number of para-hydroxylation sites is 2. The first-order valence-electron chi connectivity index (χ1n) is 9.83. The Balaban J connectivity index is 1.48. The van der Waals surface area contributed by atoms with Crippen molar-refractivity contribution in [1.82, 2.24) is 15.0 Å². The third-order valence-electron chi connectivity index (χ3n) is 4.23. The number of hydrogen-bond acceptors (Lipinski definition) is 7. The van der Waals surface area contributed by atoms with Gasteiger partial charge in [0.2, 0.25) is 23.8 Å². The van der Waals surface area contributed by atoms with Crippen molar-refractivity contribution < 1.29 is 9.18 Å². The van der Waals surface area contributed by atoms with E-state index in [0.717, 1.165) is 11.4 Å². The van der Waals surface area contributed by atoms with Crippen LogP contribution in [0.25, 0.3) is 0 Å². The molecule has 0 aliphatic heterocycles. The quantitative estimate of drug-likeness (QED) is 0.326. The second kappa shape index (κ2) is 9.98. The molecule has 160 valence electrons. The number of amides is 1. The minimum Gasteiger partial charge on any atom is -0.345 e. The standard InChI is InChI=1S/C23H20FN7O/c24-16-11-13-19(14-12-16)26-20(32)15-25-21-29-22(27-17-7-3-1-4-8-17)31-23(30-21)28-18-9-5-2-6-10-18/h1-14H,15H2,(H,26,32)(H3,25,27,28,29,30,31). The molecule has 0 aliphatic carbocycles. The van der Waals surface area contributed by atoms with Crippen LogP contribution in [0.15, 0.2) is 84.9 Å². The summed E-state index contributed by atoms with van der Waals surface area (Å²) in [7, 11) is 0. The van der Waals surface area contributed by atoms with Crippen molar-refractivity contribution in [3.8, 4) is 0 Å². The van der Waals surface area contributed by atoms with Crippen LogP contribution in [0.3, 0.4) is 0 Å². The fourth-order valence-electron chi connectivity index (χ4n) is 2.77. The smallest absolute Gasteiger partial charge is 0.243 e. The summed E-state index contributed by atoms with van der Waals surface area (Å²) in [5, 5.41) is 11.8. The minimum atomic E-state index is -0.372. The van der Waals surface area contributed by atoms with Crippen molar-refractivity contribution in [2.75, 3.05) is 27.8 Å². The molecular weight excluding hydrogens is 409 g/mol. The molecule has 0 unspecified atom stereocenters. The zero-order chi connectivity index (χ0) is 22.2. The lowest BCUT2D eigenvalue weighted by Crippen LogP contribution is -2.23. The summed E-state index contributed by atoms with van der Waals surface area (Å²) in [5.41, 5.74) is 2.11. The van der Waals surface area contributed by atoms with Gasteiger partial charge in [-0.25, -0.2) is 4.39 Å². The Hall–Kier alpha value is -4.53. The van der Waals surface area contributed by atoms with Crippen LogP contribution in [0.5, 0.6) is 0 Å². The highest BCUT2D eigenvalue weighted by Crippen LogP contribution is 2.18. The van der Waals surface area contributed by atoms with Crippen molar-refractivity contribution in [1.29, 1.82) is 0 Å². The molecule has 4 rings (SSSR count). The van der Waals surface area contributed by atoms with Gasteiger partial charge in [0.15, 0.2) is 0 Å². The van der Waals surface area contributed by atoms with Crippen molar-refractivity contribution in [3.05, 3.63) is 90.7 Å². The van der Waals surface area contributed by atoms with Gasteiger partial charge in [-0.15, -0.1) is 0 Å². The largest absolute Gasteiger partial charge is 0.345 e. The molecule has 0 fully saturated rings. The van der Waals surface area contributed by atoms with E-state index in [1.807, 2.05) is 60.7 Å². The number of carbonyl (C=O) groups is 1. The predicted molar refractivity (Wildman–Crippen MR) is 123 cm³/mol. The normalized spacial score (nSPS) is 10.3. The average Bonchev–Trinajstić information content (AvgIpc) is 2.80. The van der Waals surface area contributed by atoms with Crippen LogP contribution in [0, 0.1) is 5.82 Å². The number of benzene rings is 3. The van der Waals surface area contributed by atoms with Gasteiger partial charge in [0, 0.05) is 17.1 Å². The summed E-state index contributed by atoms with van der Waals surface area (Å²) < 4.78 is 13.0. The van der Waals surface area contributed by atoms with E-state index in [4.69, 9.17) is 0 Å². The predicted octanol–water partition coefficient (Wildman–Crippen LogP) is 4.55. The zero-order valence-corrected chi connectivity index (χ0v) is 16.9. The highest BCUT2D eigenvalue weighted by atomic mass is 19.1. The van der Waals surface area contributed by atoms with E-state index in [-0.39, 0.29) is 24.2 Å². The second-order valence-electron chi connectivity index (χ2n) is 6.70. The van der Waals surface area contributed by atoms with Gasteiger partial charge in [-0.2, -0.15) is 15.0 Å². The maximum Gasteiger partial charge on any atom is 0.243 e. The number of hydrogen-bond donors (Lipinski definition) is 4. The molecule has 0 atom stereocenters. The van der Waals surface area contributed by atoms with Crippen molar-refractivity contribution in [2.24, 2.45) is 0 Å². The van der Waals surface area contributed by atoms with E-state index < -0.39 is 0 Å². The number of carbonyl (C=O) groups excluding carboxylic acids is 1. The molecule has 3 aromatic carbocycles. The molecule has 0 radical (unpaired) electrons. The number of rotatable bonds is 8. The lowest BCUT2D eigenvalue weighted by atomic mass is 10.3. The van der Waals surface area contributed by atoms with Crippen LogP contribution in [0.2, 0.25) is 0 Å². The molecule has 1 heterocycles. The van der Waals surface area contributed by atoms with E-state index in [2.05, 4.69) is 36.2 Å². The average molecular weight is 429 g/mol. The molecule has 9 heteroatoms. The molecule has 4 N–H and O–H groups in total. The topological polar surface area (TPSA) is 104 Å². The van der Waals surface area contributed by atoms with Crippen molar-refractivity contribution >= 4 is 40.8 Å². The Morgan fingerprint density at radius 1 is 0.656 bits per heavy atom. The molecule has 0 saturated carbocycles. The van der Waals surface area contributed by atoms with Gasteiger partial charge < -0.3 is 21.3 Å². The molecular formula is C23H20FN7O. The summed E-state index contributed by atoms with van der Waals surface area (Å²) in [5.74, 6) is 0.138. The molecule has 1 amide bonds. The lowest BCUT2D eigenvalue weighted by molar-refractivity contribution is -0.114. The molecule has 1 aromatic heterocycles. The SMILES string of the molecule is O=C(CNc1nc(Nc2ccccc2)nc(Nc2ccccc2)n1)Nc1ccc(F)cc1. The summed E-state index contributed by atoms with van der Waals surface area (Å²) >= 11 is 0. The van der Waals surface area contributed by atoms with Crippen LogP contribution >= 0.6 is 0 Å². The molecule has 4 aromatic rings. The number of nitrogens with zero attached hydrogens (tertiary/aromatic N) is 3. The van der Waals surface area contributed by atoms with Gasteiger partial charge >= 0.3 is 0 Å². The van der Waals surface area contributed by atoms with Gasteiger partial charge in [-0.05, 0) is 48.5 Å². The highest BCUT2D eigenvalue weighted by molar-refractivity contribution is 5.93. The van der Waals surface area contributed by atoms with E-state index in [1.165, 1.54) is 24.3 Å². The van der Waals surface area contributed by atoms with Gasteiger partial charge in [0.25, 0.3) is 0 Å². The molecule has 8 nitrogen and oxygen atoms in total. The summed E-state index contributed by atoms with van der Waals surface area (Å²) in [6.07, 6.45) is 0. The fourth-order valence-corrected chi connectivity index (χ4v) is 2.77. The first-order valence-corrected chi connectivity index (χ1v) is 9.83. The second-order valence-corrected chi connectivity index (χ2v) is 6.70. The zero-order valence-electron chi connectivity index (χ0n) is 16.9. The Labute approximate surface area is 184 Å². The van der Waals surface area contributed by atoms with E-state index in [9.17, 15) is 9.18 Å². The summed E-state index contributed by atoms with van der Waals surface area (Å²) in [4.78, 5) is 25.4. The van der Waals surface area contributed by atoms with Crippen molar-refractivity contribution in [2.45, 2.75) is 0 Å². The Morgan fingerprint density at radius 2 is 1.16 bits per heavy atom. The number of anilines is 6. The van der Waals surface area contributed by atoms with Gasteiger partial charge in [-0.1, -0.05) is 36.4 Å². The van der Waals surface area contributed by atoms with E-state index in [0.29, 0.717) is 17.6 Å². The first-order chi connectivity index (χ1) is 15.6. The Bertz CT molecular complexity index is 1110. The summed E-state index contributed by atoms with van der Waals surface area (Å²) in [6.45, 7) is -0.0864. The fraction of sp³-hybridized carbons (Fsp3) is 0.0435. The van der Waals surface area contributed by atoms with Crippen LogP contribution in [0.1, 0.15) is 0 Å². The maximum absolute atomic E-state index is 13.0. The number of nitrogens with one attached hydrogen (secondary N) is 4. The van der Waals surface area contributed by atoms with Gasteiger partial charge in [0.1, 0.15) is 5.82 Å². The van der Waals surface area contributed by atoms with Gasteiger partial charge in [0.05, 0.1) is 6.54 Å². The third kappa shape index (κ3) is 5.99. The highest BCUT2D eigenvalue weighted by Gasteiger charge is 2.10. The van der Waals surface area contributed by atoms with Crippen LogP contribution < -0.4 is 21.3 Å². The van der Waals surface area contributed by atoms with Crippen molar-refractivity contribution in [3.63, 3.8) is 0 Å². The lowest BCUT2D eigenvalue weighted by Gasteiger charge is -2.11. The molecule has 0 saturated heterocycles. The Kier molecular flexibility index (Phi) is 6.47. The number of aromatic nitrogens is 3. The first kappa shape index (κ1) is 20.7. The molecule has 32 heavy (non-hydrogen) atoms. The van der Waals surface area contributed by atoms with Crippen LogP contribution in [-0.4, -0.2) is 27.4 Å². The van der Waals surface area contributed by atoms with Gasteiger partial charge in [-0.3, -0.25) is 4.79 Å². The molecule has 0 aliphatic rings. The monoisotopic (exact) mass is 429 g/mol. The van der Waals surface area contributed by atoms with E-state index >= 15 is 0 Å². The van der Waals surface area contributed by atoms with E-state index in [1.54, 1.807) is 0 Å². The Morgan fingerprint density at radius 3 is 1.69 bits per heavy atom. The maximum atomic E-state index is 13.0. The third-order valence-corrected chi connectivity index (χ3v) is 4.23. The number of halogens is 1. The van der Waals surface area contributed by atoms with Crippen LogP contribution in [0.4, 0.5) is 39.3 Å². The summed E-state index contributed by atoms with van der Waals surface area (Å²) in [6, 6.07) is 24.5. The molecule has 0 spiro atoms. The molecule has 0 bridgehead atoms. The minimum absolute atomic E-state index is 0.0864.